The molecule has 1 N–H and O–H groups in total. The third kappa shape index (κ3) is 4.20. The Labute approximate surface area is 146 Å². The van der Waals surface area contributed by atoms with Crippen LogP contribution in [-0.2, 0) is 14.3 Å². The van der Waals surface area contributed by atoms with Crippen LogP contribution in [0.2, 0.25) is 0 Å². The van der Waals surface area contributed by atoms with Gasteiger partial charge in [-0.25, -0.2) is 9.69 Å². The highest BCUT2D eigenvalue weighted by atomic mass is 16.6. The van der Waals surface area contributed by atoms with Gasteiger partial charge in [0.2, 0.25) is 0 Å². The molecule has 0 aliphatic carbocycles. The molecule has 1 aromatic carbocycles. The maximum absolute atomic E-state index is 12.6. The van der Waals surface area contributed by atoms with Crippen LogP contribution in [0.15, 0.2) is 18.2 Å². The normalized spacial score (nSPS) is 17.3. The van der Waals surface area contributed by atoms with Crippen LogP contribution in [0.4, 0.5) is 10.5 Å². The lowest BCUT2D eigenvalue weighted by Gasteiger charge is -2.20. The molecular weight excluding hydrogens is 328 g/mol. The Bertz CT molecular complexity index is 695. The van der Waals surface area contributed by atoms with Crippen molar-refractivity contribution < 1.29 is 28.6 Å². The van der Waals surface area contributed by atoms with E-state index in [1.165, 1.54) is 14.2 Å². The van der Waals surface area contributed by atoms with Gasteiger partial charge >= 0.3 is 12.0 Å². The van der Waals surface area contributed by atoms with Crippen LogP contribution in [-0.4, -0.2) is 43.8 Å². The van der Waals surface area contributed by atoms with Crippen molar-refractivity contribution in [3.63, 3.8) is 0 Å². The summed E-state index contributed by atoms with van der Waals surface area (Å²) >= 11 is 0. The smallest absolute Gasteiger partial charge is 0.329 e. The zero-order valence-electron chi connectivity index (χ0n) is 14.9. The van der Waals surface area contributed by atoms with E-state index in [9.17, 15) is 14.4 Å². The molecule has 0 saturated carbocycles. The average molecular weight is 350 g/mol. The van der Waals surface area contributed by atoms with Gasteiger partial charge in [-0.05, 0) is 32.9 Å². The third-order valence-electron chi connectivity index (χ3n) is 3.44. The molecule has 1 atom stereocenters. The van der Waals surface area contributed by atoms with E-state index >= 15 is 0 Å². The summed E-state index contributed by atoms with van der Waals surface area (Å²) in [5, 5.41) is 2.50. The average Bonchev–Trinajstić information content (AvgIpc) is 2.78. The van der Waals surface area contributed by atoms with E-state index in [4.69, 9.17) is 14.2 Å². The van der Waals surface area contributed by atoms with Gasteiger partial charge in [0.05, 0.1) is 26.3 Å². The molecule has 0 bridgehead atoms. The van der Waals surface area contributed by atoms with Gasteiger partial charge in [-0.2, -0.15) is 0 Å². The van der Waals surface area contributed by atoms with E-state index in [0.717, 1.165) is 4.90 Å². The van der Waals surface area contributed by atoms with Crippen molar-refractivity contribution in [1.29, 1.82) is 0 Å². The number of hydrogen-bond acceptors (Lipinski definition) is 6. The lowest BCUT2D eigenvalue weighted by molar-refractivity contribution is -0.156. The molecule has 1 saturated heterocycles. The number of carbonyl (C=O) groups is 3. The summed E-state index contributed by atoms with van der Waals surface area (Å²) in [6.07, 6.45) is -0.239. The molecule has 0 unspecified atom stereocenters. The monoisotopic (exact) mass is 350 g/mol. The van der Waals surface area contributed by atoms with Crippen LogP contribution in [0.25, 0.3) is 0 Å². The molecule has 1 heterocycles. The number of esters is 1. The zero-order chi connectivity index (χ0) is 18.8. The molecule has 0 aromatic heterocycles. The topological polar surface area (TPSA) is 94.2 Å². The van der Waals surface area contributed by atoms with E-state index in [1.54, 1.807) is 39.0 Å². The highest BCUT2D eigenvalue weighted by Gasteiger charge is 2.42. The number of nitrogens with one attached hydrogen (secondary N) is 1. The maximum Gasteiger partial charge on any atom is 0.329 e. The lowest BCUT2D eigenvalue weighted by atomic mass is 10.1. The third-order valence-corrected chi connectivity index (χ3v) is 3.44. The minimum Gasteiger partial charge on any atom is -0.497 e. The van der Waals surface area contributed by atoms with Crippen molar-refractivity contribution in [3.05, 3.63) is 18.2 Å². The van der Waals surface area contributed by atoms with Crippen LogP contribution in [0.1, 0.15) is 27.2 Å². The number of imide groups is 1. The molecule has 1 fully saturated rings. The first-order valence-electron chi connectivity index (χ1n) is 7.74. The minimum absolute atomic E-state index is 0.239. The van der Waals surface area contributed by atoms with Crippen LogP contribution in [0.3, 0.4) is 0 Å². The highest BCUT2D eigenvalue weighted by molar-refractivity contribution is 6.22. The maximum atomic E-state index is 12.6. The van der Waals surface area contributed by atoms with Gasteiger partial charge in [-0.1, -0.05) is 0 Å². The van der Waals surface area contributed by atoms with E-state index in [0.29, 0.717) is 11.5 Å². The van der Waals surface area contributed by atoms with Gasteiger partial charge < -0.3 is 19.5 Å². The van der Waals surface area contributed by atoms with Gasteiger partial charge in [0, 0.05) is 6.07 Å². The summed E-state index contributed by atoms with van der Waals surface area (Å²) in [4.78, 5) is 37.7. The fourth-order valence-corrected chi connectivity index (χ4v) is 2.42. The Morgan fingerprint density at radius 1 is 1.20 bits per heavy atom. The highest BCUT2D eigenvalue weighted by Crippen LogP contribution is 2.34. The fourth-order valence-electron chi connectivity index (χ4n) is 2.42. The molecule has 0 radical (unpaired) electrons. The van der Waals surface area contributed by atoms with Crippen molar-refractivity contribution in [2.24, 2.45) is 0 Å². The van der Waals surface area contributed by atoms with Crippen LogP contribution >= 0.6 is 0 Å². The van der Waals surface area contributed by atoms with E-state index < -0.39 is 29.6 Å². The standard InChI is InChI=1S/C17H22N2O6/c1-17(2,3)25-14(20)9-11-15(21)19(16(22)18-11)12-7-6-10(23-4)8-13(12)24-5/h6-8,11H,9H2,1-5H3,(H,18,22)/t11-/m0/s1. The van der Waals surface area contributed by atoms with Crippen LogP contribution in [0.5, 0.6) is 11.5 Å². The number of amides is 3. The molecule has 3 amide bonds. The summed E-state index contributed by atoms with van der Waals surface area (Å²) in [6.45, 7) is 5.19. The first kappa shape index (κ1) is 18.6. The number of benzene rings is 1. The Hall–Kier alpha value is -2.77. The minimum atomic E-state index is -0.978. The Morgan fingerprint density at radius 3 is 2.44 bits per heavy atom. The predicted molar refractivity (Wildman–Crippen MR) is 89.8 cm³/mol. The Kier molecular flexibility index (Phi) is 5.20. The van der Waals surface area contributed by atoms with Gasteiger partial charge in [-0.3, -0.25) is 9.59 Å². The number of nitrogens with zero attached hydrogens (tertiary/aromatic N) is 1. The lowest BCUT2D eigenvalue weighted by Crippen LogP contribution is -2.35. The van der Waals surface area contributed by atoms with Gasteiger partial charge in [0.25, 0.3) is 5.91 Å². The summed E-state index contributed by atoms with van der Waals surface area (Å²) in [6, 6.07) is 3.12. The molecule has 25 heavy (non-hydrogen) atoms. The molecule has 1 aromatic rings. The second kappa shape index (κ2) is 7.00. The number of urea groups is 1. The van der Waals surface area contributed by atoms with Gasteiger partial charge in [-0.15, -0.1) is 0 Å². The SMILES string of the molecule is COc1ccc(N2C(=O)N[C@@H](CC(=O)OC(C)(C)C)C2=O)c(OC)c1. The van der Waals surface area contributed by atoms with Crippen LogP contribution < -0.4 is 19.7 Å². The van der Waals surface area contributed by atoms with Crippen LogP contribution in [0, 0.1) is 0 Å². The number of hydrogen-bond donors (Lipinski definition) is 1. The Balaban J connectivity index is 2.20. The van der Waals surface area contributed by atoms with Crippen molar-refractivity contribution in [3.8, 4) is 11.5 Å². The molecular formula is C17H22N2O6. The number of ether oxygens (including phenoxy) is 3. The summed E-state index contributed by atoms with van der Waals surface area (Å²) in [5.74, 6) is -0.271. The molecule has 0 spiro atoms. The molecule has 8 nitrogen and oxygen atoms in total. The van der Waals surface area contributed by atoms with Gasteiger partial charge in [0.1, 0.15) is 23.1 Å². The quantitative estimate of drug-likeness (QED) is 0.643. The molecule has 8 heteroatoms. The molecule has 1 aliphatic heterocycles. The van der Waals surface area contributed by atoms with Crippen molar-refractivity contribution >= 4 is 23.6 Å². The first-order valence-corrected chi connectivity index (χ1v) is 7.74. The number of rotatable bonds is 5. The summed E-state index contributed by atoms with van der Waals surface area (Å²) < 4.78 is 15.5. The molecule has 2 rings (SSSR count). The van der Waals surface area contributed by atoms with E-state index in [1.807, 2.05) is 0 Å². The van der Waals surface area contributed by atoms with Gasteiger partial charge in [0.15, 0.2) is 0 Å². The first-order chi connectivity index (χ1) is 11.7. The predicted octanol–water partition coefficient (Wildman–Crippen LogP) is 1.86. The number of carbonyl (C=O) groups excluding carboxylic acids is 3. The van der Waals surface area contributed by atoms with E-state index in [-0.39, 0.29) is 12.1 Å². The fraction of sp³-hybridized carbons (Fsp3) is 0.471. The van der Waals surface area contributed by atoms with Crippen molar-refractivity contribution in [1.82, 2.24) is 5.32 Å². The molecule has 136 valence electrons. The van der Waals surface area contributed by atoms with Crippen molar-refractivity contribution in [2.75, 3.05) is 19.1 Å². The second-order valence-corrected chi connectivity index (χ2v) is 6.50. The Morgan fingerprint density at radius 2 is 1.88 bits per heavy atom. The van der Waals surface area contributed by atoms with E-state index in [2.05, 4.69) is 5.32 Å². The zero-order valence-corrected chi connectivity index (χ0v) is 14.9. The summed E-state index contributed by atoms with van der Waals surface area (Å²) in [5.41, 5.74) is -0.390. The largest absolute Gasteiger partial charge is 0.497 e. The number of methoxy groups -OCH3 is 2. The molecule has 1 aliphatic rings. The van der Waals surface area contributed by atoms with Crippen molar-refractivity contribution in [2.45, 2.75) is 38.8 Å². The number of anilines is 1. The second-order valence-electron chi connectivity index (χ2n) is 6.50. The summed E-state index contributed by atoms with van der Waals surface area (Å²) in [7, 11) is 2.92.